The van der Waals surface area contributed by atoms with Crippen molar-refractivity contribution in [1.29, 1.82) is 0 Å². The van der Waals surface area contributed by atoms with Gasteiger partial charge in [-0.15, -0.1) is 0 Å². The molecule has 0 aliphatic heterocycles. The SMILES string of the molecule is Cc1cc(Sc2ccoc2C)ncn1. The molecule has 2 aromatic rings. The van der Waals surface area contributed by atoms with Crippen LogP contribution >= 0.6 is 11.8 Å². The molecular formula is C10H10N2OS. The summed E-state index contributed by atoms with van der Waals surface area (Å²) in [5.74, 6) is 0.922. The second kappa shape index (κ2) is 3.84. The highest BCUT2D eigenvalue weighted by Crippen LogP contribution is 2.29. The van der Waals surface area contributed by atoms with Crippen molar-refractivity contribution in [2.75, 3.05) is 0 Å². The van der Waals surface area contributed by atoms with Crippen molar-refractivity contribution in [1.82, 2.24) is 9.97 Å². The number of hydrogen-bond acceptors (Lipinski definition) is 4. The molecule has 14 heavy (non-hydrogen) atoms. The highest BCUT2D eigenvalue weighted by atomic mass is 32.2. The molecule has 0 amide bonds. The van der Waals surface area contributed by atoms with E-state index in [-0.39, 0.29) is 0 Å². The van der Waals surface area contributed by atoms with Gasteiger partial charge in [0.2, 0.25) is 0 Å². The van der Waals surface area contributed by atoms with E-state index in [1.165, 1.54) is 0 Å². The van der Waals surface area contributed by atoms with Crippen LogP contribution in [0.3, 0.4) is 0 Å². The Hall–Kier alpha value is -1.29. The summed E-state index contributed by atoms with van der Waals surface area (Å²) in [6.07, 6.45) is 3.26. The highest BCUT2D eigenvalue weighted by Gasteiger charge is 2.04. The molecule has 72 valence electrons. The molecule has 3 nitrogen and oxygen atoms in total. The van der Waals surface area contributed by atoms with E-state index in [0.717, 1.165) is 21.4 Å². The first-order chi connectivity index (χ1) is 6.75. The minimum Gasteiger partial charge on any atom is -0.468 e. The standard InChI is InChI=1S/C10H10N2OS/c1-7-5-10(12-6-11-7)14-9-3-4-13-8(9)2/h3-6H,1-2H3. The number of aryl methyl sites for hydroxylation is 2. The first-order valence-corrected chi connectivity index (χ1v) is 5.08. The van der Waals surface area contributed by atoms with Crippen LogP contribution in [0.1, 0.15) is 11.5 Å². The van der Waals surface area contributed by atoms with E-state index in [4.69, 9.17) is 4.42 Å². The fourth-order valence-electron chi connectivity index (χ4n) is 1.08. The van der Waals surface area contributed by atoms with Crippen LogP contribution in [0.5, 0.6) is 0 Å². The lowest BCUT2D eigenvalue weighted by Crippen LogP contribution is -1.85. The third-order valence-electron chi connectivity index (χ3n) is 1.80. The van der Waals surface area contributed by atoms with E-state index in [1.807, 2.05) is 26.0 Å². The molecule has 0 fully saturated rings. The zero-order valence-electron chi connectivity index (χ0n) is 8.02. The van der Waals surface area contributed by atoms with E-state index in [0.29, 0.717) is 0 Å². The van der Waals surface area contributed by atoms with Crippen LogP contribution < -0.4 is 0 Å². The molecule has 0 saturated carbocycles. The molecule has 0 saturated heterocycles. The Bertz CT molecular complexity index is 439. The second-order valence-electron chi connectivity index (χ2n) is 2.94. The summed E-state index contributed by atoms with van der Waals surface area (Å²) in [5.41, 5.74) is 0.976. The molecule has 2 heterocycles. The average Bonchev–Trinajstić information content (AvgIpc) is 2.52. The van der Waals surface area contributed by atoms with Crippen molar-refractivity contribution >= 4 is 11.8 Å². The number of furan rings is 1. The van der Waals surface area contributed by atoms with Crippen LogP contribution in [0.4, 0.5) is 0 Å². The molecule has 0 bridgehead atoms. The van der Waals surface area contributed by atoms with Gasteiger partial charge in [0.05, 0.1) is 11.2 Å². The maximum atomic E-state index is 5.20. The largest absolute Gasteiger partial charge is 0.468 e. The molecule has 0 aliphatic rings. The van der Waals surface area contributed by atoms with Crippen molar-refractivity contribution in [3.05, 3.63) is 36.2 Å². The van der Waals surface area contributed by atoms with E-state index in [1.54, 1.807) is 24.4 Å². The van der Waals surface area contributed by atoms with Crippen molar-refractivity contribution < 1.29 is 4.42 Å². The Balaban J connectivity index is 2.23. The van der Waals surface area contributed by atoms with Crippen molar-refractivity contribution in [2.24, 2.45) is 0 Å². The van der Waals surface area contributed by atoms with E-state index in [2.05, 4.69) is 9.97 Å². The molecule has 0 atom stereocenters. The van der Waals surface area contributed by atoms with Gasteiger partial charge in [0.1, 0.15) is 17.1 Å². The predicted molar refractivity (Wildman–Crippen MR) is 54.3 cm³/mol. The topological polar surface area (TPSA) is 38.9 Å². The average molecular weight is 206 g/mol. The number of rotatable bonds is 2. The number of nitrogens with zero attached hydrogens (tertiary/aromatic N) is 2. The first kappa shape index (κ1) is 9.27. The molecule has 0 N–H and O–H groups in total. The lowest BCUT2D eigenvalue weighted by Gasteiger charge is -1.98. The molecule has 0 aliphatic carbocycles. The summed E-state index contributed by atoms with van der Waals surface area (Å²) in [6.45, 7) is 3.89. The summed E-state index contributed by atoms with van der Waals surface area (Å²) in [4.78, 5) is 9.31. The Morgan fingerprint density at radius 1 is 1.29 bits per heavy atom. The van der Waals surface area contributed by atoms with Gasteiger partial charge in [0.25, 0.3) is 0 Å². The van der Waals surface area contributed by atoms with Gasteiger partial charge in [-0.2, -0.15) is 0 Å². The molecule has 2 rings (SSSR count). The fraction of sp³-hybridized carbons (Fsp3) is 0.200. The van der Waals surface area contributed by atoms with Gasteiger partial charge in [-0.05, 0) is 26.0 Å². The molecule has 0 aromatic carbocycles. The summed E-state index contributed by atoms with van der Waals surface area (Å²) in [5, 5.41) is 0.946. The first-order valence-electron chi connectivity index (χ1n) is 4.26. The van der Waals surface area contributed by atoms with E-state index in [9.17, 15) is 0 Å². The Kier molecular flexibility index (Phi) is 2.54. The maximum Gasteiger partial charge on any atom is 0.116 e. The van der Waals surface area contributed by atoms with Gasteiger partial charge in [-0.3, -0.25) is 0 Å². The molecule has 2 aromatic heterocycles. The van der Waals surface area contributed by atoms with Crippen LogP contribution in [0.15, 0.2) is 39.1 Å². The normalized spacial score (nSPS) is 10.4. The Morgan fingerprint density at radius 2 is 2.14 bits per heavy atom. The third-order valence-corrected chi connectivity index (χ3v) is 2.88. The van der Waals surface area contributed by atoms with E-state index >= 15 is 0 Å². The van der Waals surface area contributed by atoms with E-state index < -0.39 is 0 Å². The summed E-state index contributed by atoms with van der Waals surface area (Å²) >= 11 is 1.59. The zero-order valence-corrected chi connectivity index (χ0v) is 8.84. The minimum atomic E-state index is 0.922. The van der Waals surface area contributed by atoms with Gasteiger partial charge >= 0.3 is 0 Å². The van der Waals surface area contributed by atoms with Gasteiger partial charge in [-0.1, -0.05) is 11.8 Å². The molecule has 0 spiro atoms. The third kappa shape index (κ3) is 1.96. The van der Waals surface area contributed by atoms with Gasteiger partial charge in [-0.25, -0.2) is 9.97 Å². The van der Waals surface area contributed by atoms with Crippen LogP contribution in [0.2, 0.25) is 0 Å². The lowest BCUT2D eigenvalue weighted by molar-refractivity contribution is 0.527. The number of hydrogen-bond donors (Lipinski definition) is 0. The van der Waals surface area contributed by atoms with Crippen LogP contribution in [0.25, 0.3) is 0 Å². The molecule has 0 radical (unpaired) electrons. The minimum absolute atomic E-state index is 0.922. The number of aromatic nitrogens is 2. The smallest absolute Gasteiger partial charge is 0.116 e. The van der Waals surface area contributed by atoms with Gasteiger partial charge in [0, 0.05) is 5.69 Å². The molecular weight excluding hydrogens is 196 g/mol. The van der Waals surface area contributed by atoms with Crippen LogP contribution in [0, 0.1) is 13.8 Å². The van der Waals surface area contributed by atoms with Crippen LogP contribution in [-0.4, -0.2) is 9.97 Å². The van der Waals surface area contributed by atoms with Crippen molar-refractivity contribution in [3.8, 4) is 0 Å². The summed E-state index contributed by atoms with van der Waals surface area (Å²) in [7, 11) is 0. The quantitative estimate of drug-likeness (QED) is 0.708. The zero-order chi connectivity index (χ0) is 9.97. The van der Waals surface area contributed by atoms with Gasteiger partial charge in [0.15, 0.2) is 0 Å². The Labute approximate surface area is 86.6 Å². The summed E-state index contributed by atoms with van der Waals surface area (Å²) in [6, 6.07) is 3.90. The summed E-state index contributed by atoms with van der Waals surface area (Å²) < 4.78 is 5.20. The van der Waals surface area contributed by atoms with Gasteiger partial charge < -0.3 is 4.42 Å². The van der Waals surface area contributed by atoms with Crippen molar-refractivity contribution in [2.45, 2.75) is 23.8 Å². The molecule has 4 heteroatoms. The lowest BCUT2D eigenvalue weighted by atomic mass is 10.5. The van der Waals surface area contributed by atoms with Crippen molar-refractivity contribution in [3.63, 3.8) is 0 Å². The van der Waals surface area contributed by atoms with Crippen LogP contribution in [-0.2, 0) is 0 Å². The molecule has 0 unspecified atom stereocenters. The fourth-order valence-corrected chi connectivity index (χ4v) is 1.95. The highest BCUT2D eigenvalue weighted by molar-refractivity contribution is 7.99. The maximum absolute atomic E-state index is 5.20. The monoisotopic (exact) mass is 206 g/mol. The predicted octanol–water partition coefficient (Wildman–Crippen LogP) is 2.84. The second-order valence-corrected chi connectivity index (χ2v) is 4.00. The Morgan fingerprint density at radius 3 is 2.79 bits per heavy atom.